The molecule has 2 unspecified atom stereocenters. The largest absolute Gasteiger partial charge is 0.487 e. The Labute approximate surface area is 200 Å². The lowest BCUT2D eigenvalue weighted by Gasteiger charge is -2.42. The number of carbonyl (C=O) groups is 1. The molecule has 0 radical (unpaired) electrons. The molecule has 0 saturated heterocycles. The van der Waals surface area contributed by atoms with Gasteiger partial charge in [-0.15, -0.1) is 0 Å². The van der Waals surface area contributed by atoms with E-state index in [9.17, 15) is 17.6 Å². The Morgan fingerprint density at radius 2 is 1.91 bits per heavy atom. The van der Waals surface area contributed by atoms with Gasteiger partial charge in [-0.1, -0.05) is 50.6 Å². The average Bonchev–Trinajstić information content (AvgIpc) is 2.78. The minimum atomic E-state index is -3.87. The fourth-order valence-electron chi connectivity index (χ4n) is 4.38. The van der Waals surface area contributed by atoms with E-state index in [0.29, 0.717) is 6.42 Å². The first-order valence-corrected chi connectivity index (χ1v) is 13.3. The van der Waals surface area contributed by atoms with Crippen LogP contribution in [0.4, 0.5) is 10.1 Å². The van der Waals surface area contributed by atoms with Crippen LogP contribution in [-0.4, -0.2) is 32.2 Å². The summed E-state index contributed by atoms with van der Waals surface area (Å²) in [6.45, 7) is 5.83. The number of nitrogens with zero attached hydrogens (tertiary/aromatic N) is 1. The van der Waals surface area contributed by atoms with Gasteiger partial charge in [0.15, 0.2) is 0 Å². The van der Waals surface area contributed by atoms with Crippen molar-refractivity contribution < 1.29 is 22.3 Å². The molecule has 0 bridgehead atoms. The van der Waals surface area contributed by atoms with Gasteiger partial charge in [0.05, 0.1) is 23.0 Å². The number of hydrogen-bond acceptors (Lipinski definition) is 4. The number of benzene rings is 2. The second kappa shape index (κ2) is 9.89. The van der Waals surface area contributed by atoms with Gasteiger partial charge in [-0.3, -0.25) is 9.10 Å². The molecule has 1 aliphatic heterocycles. The molecule has 0 saturated carbocycles. The number of fused-ring (bicyclic) bond motifs is 1. The lowest BCUT2D eigenvalue weighted by atomic mass is 9.83. The van der Waals surface area contributed by atoms with Crippen molar-refractivity contribution in [2.45, 2.75) is 64.1 Å². The molecule has 9 heteroatoms. The monoisotopic (exact) mass is 496 g/mol. The molecule has 2 atom stereocenters. The van der Waals surface area contributed by atoms with Crippen LogP contribution in [-0.2, 0) is 14.8 Å². The minimum absolute atomic E-state index is 0.134. The SMILES string of the molecule is CCC(C(=O)NC1CC(CC)(CC)Oc2ccccc21)N(c1ccc(F)c(Cl)c1)S(C)(=O)=O. The van der Waals surface area contributed by atoms with Crippen molar-refractivity contribution in [1.82, 2.24) is 5.32 Å². The molecule has 1 amide bonds. The fraction of sp³-hybridized carbons (Fsp3) is 0.458. The number of carbonyl (C=O) groups excluding carboxylic acids is 1. The van der Waals surface area contributed by atoms with Gasteiger partial charge in [-0.25, -0.2) is 12.8 Å². The molecule has 3 rings (SSSR count). The first-order chi connectivity index (χ1) is 15.5. The predicted octanol–water partition coefficient (Wildman–Crippen LogP) is 5.22. The van der Waals surface area contributed by atoms with Crippen molar-refractivity contribution >= 4 is 33.2 Å². The summed E-state index contributed by atoms with van der Waals surface area (Å²) in [6.07, 6.45) is 3.34. The highest BCUT2D eigenvalue weighted by molar-refractivity contribution is 7.92. The smallest absolute Gasteiger partial charge is 0.244 e. The number of halogens is 2. The number of rotatable bonds is 8. The number of sulfonamides is 1. The van der Waals surface area contributed by atoms with Gasteiger partial charge in [0.2, 0.25) is 15.9 Å². The zero-order chi connectivity index (χ0) is 24.4. The third-order valence-corrected chi connectivity index (χ3v) is 7.76. The van der Waals surface area contributed by atoms with Crippen molar-refractivity contribution in [3.63, 3.8) is 0 Å². The highest BCUT2D eigenvalue weighted by Crippen LogP contribution is 2.42. The van der Waals surface area contributed by atoms with Crippen molar-refractivity contribution in [2.75, 3.05) is 10.6 Å². The van der Waals surface area contributed by atoms with E-state index in [2.05, 4.69) is 19.2 Å². The van der Waals surface area contributed by atoms with E-state index >= 15 is 0 Å². The van der Waals surface area contributed by atoms with Crippen LogP contribution in [0.5, 0.6) is 5.75 Å². The maximum absolute atomic E-state index is 13.7. The predicted molar refractivity (Wildman–Crippen MR) is 129 cm³/mol. The van der Waals surface area contributed by atoms with Gasteiger partial charge in [-0.05, 0) is 43.5 Å². The summed E-state index contributed by atoms with van der Waals surface area (Å²) in [6, 6.07) is 9.80. The van der Waals surface area contributed by atoms with Crippen LogP contribution in [0.1, 0.15) is 58.1 Å². The summed E-state index contributed by atoms with van der Waals surface area (Å²) in [4.78, 5) is 13.5. The number of ether oxygens (including phenoxy) is 1. The number of nitrogens with one attached hydrogen (secondary N) is 1. The van der Waals surface area contributed by atoms with Crippen LogP contribution in [0.2, 0.25) is 5.02 Å². The Bertz CT molecular complexity index is 1120. The fourth-order valence-corrected chi connectivity index (χ4v) is 5.76. The van der Waals surface area contributed by atoms with Crippen molar-refractivity contribution in [3.8, 4) is 5.75 Å². The third-order valence-electron chi connectivity index (χ3n) is 6.29. The number of para-hydroxylation sites is 1. The summed E-state index contributed by atoms with van der Waals surface area (Å²) in [5.41, 5.74) is 0.568. The zero-order valence-corrected chi connectivity index (χ0v) is 20.8. The summed E-state index contributed by atoms with van der Waals surface area (Å²) in [5, 5.41) is 2.85. The Balaban J connectivity index is 1.97. The Morgan fingerprint density at radius 1 is 1.24 bits per heavy atom. The van der Waals surface area contributed by atoms with Crippen LogP contribution in [0.15, 0.2) is 42.5 Å². The molecule has 1 aliphatic rings. The van der Waals surface area contributed by atoms with Crippen LogP contribution in [0.3, 0.4) is 0 Å². The Kier molecular flexibility index (Phi) is 7.59. The van der Waals surface area contributed by atoms with Crippen molar-refractivity contribution in [3.05, 3.63) is 58.9 Å². The molecule has 33 heavy (non-hydrogen) atoms. The number of anilines is 1. The summed E-state index contributed by atoms with van der Waals surface area (Å²) < 4.78 is 46.4. The Morgan fingerprint density at radius 3 is 2.48 bits per heavy atom. The van der Waals surface area contributed by atoms with E-state index in [4.69, 9.17) is 16.3 Å². The first-order valence-electron chi connectivity index (χ1n) is 11.1. The van der Waals surface area contributed by atoms with E-state index in [1.54, 1.807) is 6.92 Å². The first kappa shape index (κ1) is 25.3. The topological polar surface area (TPSA) is 75.7 Å². The summed E-state index contributed by atoms with van der Waals surface area (Å²) >= 11 is 5.90. The number of hydrogen-bond donors (Lipinski definition) is 1. The molecule has 1 heterocycles. The lowest BCUT2D eigenvalue weighted by molar-refractivity contribution is -0.123. The molecule has 2 aromatic rings. The summed E-state index contributed by atoms with van der Waals surface area (Å²) in [7, 11) is -3.87. The van der Waals surface area contributed by atoms with Gasteiger partial charge in [0.25, 0.3) is 0 Å². The number of amides is 1. The maximum Gasteiger partial charge on any atom is 0.244 e. The van der Waals surface area contributed by atoms with E-state index < -0.39 is 33.4 Å². The van der Waals surface area contributed by atoms with E-state index in [1.165, 1.54) is 12.1 Å². The normalized spacial score (nSPS) is 18.1. The molecular weight excluding hydrogens is 467 g/mol. The van der Waals surface area contributed by atoms with Crippen molar-refractivity contribution in [2.24, 2.45) is 0 Å². The van der Waals surface area contributed by atoms with Crippen LogP contribution in [0.25, 0.3) is 0 Å². The second-order valence-corrected chi connectivity index (χ2v) is 10.6. The highest BCUT2D eigenvalue weighted by atomic mass is 35.5. The van der Waals surface area contributed by atoms with E-state index in [1.807, 2.05) is 24.3 Å². The summed E-state index contributed by atoms with van der Waals surface area (Å²) in [5.74, 6) is -0.386. The van der Waals surface area contributed by atoms with Gasteiger partial charge < -0.3 is 10.1 Å². The molecule has 2 aromatic carbocycles. The highest BCUT2D eigenvalue weighted by Gasteiger charge is 2.40. The average molecular weight is 497 g/mol. The molecule has 180 valence electrons. The van der Waals surface area contributed by atoms with Gasteiger partial charge in [-0.2, -0.15) is 0 Å². The minimum Gasteiger partial charge on any atom is -0.487 e. The van der Waals surface area contributed by atoms with Gasteiger partial charge >= 0.3 is 0 Å². The molecule has 1 N–H and O–H groups in total. The second-order valence-electron chi connectivity index (χ2n) is 8.38. The lowest BCUT2D eigenvalue weighted by Crippen LogP contribution is -2.52. The van der Waals surface area contributed by atoms with Crippen LogP contribution in [0, 0.1) is 5.82 Å². The maximum atomic E-state index is 13.7. The van der Waals surface area contributed by atoms with E-state index in [-0.39, 0.29) is 23.2 Å². The molecule has 0 spiro atoms. The van der Waals surface area contributed by atoms with E-state index in [0.717, 1.165) is 40.8 Å². The Hall–Kier alpha value is -2.32. The quantitative estimate of drug-likeness (QED) is 0.543. The third kappa shape index (κ3) is 5.27. The zero-order valence-electron chi connectivity index (χ0n) is 19.3. The standard InChI is InChI=1S/C24H30ClFN2O4S/c1-5-21(28(33(4,30)31)16-12-13-19(26)18(25)14-16)23(29)27-20-15-24(6-2,7-3)32-22-11-9-8-10-17(20)22/h8-14,20-21H,5-7,15H2,1-4H3,(H,27,29). The molecular formula is C24H30ClFN2O4S. The molecule has 0 fully saturated rings. The molecule has 0 aliphatic carbocycles. The van der Waals surface area contributed by atoms with Gasteiger partial charge in [0.1, 0.15) is 23.2 Å². The van der Waals surface area contributed by atoms with Crippen LogP contribution >= 0.6 is 11.6 Å². The van der Waals surface area contributed by atoms with Gasteiger partial charge in [0, 0.05) is 12.0 Å². The van der Waals surface area contributed by atoms with Crippen LogP contribution < -0.4 is 14.4 Å². The molecule has 6 nitrogen and oxygen atoms in total. The molecule has 0 aromatic heterocycles. The van der Waals surface area contributed by atoms with Crippen molar-refractivity contribution in [1.29, 1.82) is 0 Å².